The van der Waals surface area contributed by atoms with Gasteiger partial charge in [0.2, 0.25) is 0 Å². The van der Waals surface area contributed by atoms with Crippen molar-refractivity contribution in [1.29, 1.82) is 0 Å². The van der Waals surface area contributed by atoms with Gasteiger partial charge in [0, 0.05) is 29.7 Å². The van der Waals surface area contributed by atoms with Crippen molar-refractivity contribution in [3.05, 3.63) is 89.5 Å². The van der Waals surface area contributed by atoms with Crippen LogP contribution in [-0.2, 0) is 34.4 Å². The van der Waals surface area contributed by atoms with E-state index < -0.39 is 11.9 Å². The summed E-state index contributed by atoms with van der Waals surface area (Å²) in [6.07, 6.45) is 0.899. The first-order chi connectivity index (χ1) is 19.6. The molecule has 1 amide bonds. The summed E-state index contributed by atoms with van der Waals surface area (Å²) in [5, 5.41) is 14.7. The predicted molar refractivity (Wildman–Crippen MR) is 159 cm³/mol. The molecular weight excluding hydrogens is 518 g/mol. The number of ether oxygens (including phenoxy) is 2. The van der Waals surface area contributed by atoms with E-state index in [4.69, 9.17) is 20.3 Å². The number of methoxy groups -OCH3 is 1. The van der Waals surface area contributed by atoms with Crippen LogP contribution in [0.4, 0.5) is 0 Å². The molecule has 3 N–H and O–H groups in total. The van der Waals surface area contributed by atoms with Crippen LogP contribution in [0.5, 0.6) is 11.5 Å². The minimum absolute atomic E-state index is 0.0775. The third-order valence-electron chi connectivity index (χ3n) is 6.91. The predicted octanol–water partition coefficient (Wildman–Crippen LogP) is 5.65. The molecule has 0 fully saturated rings. The molecule has 3 aromatic carbocycles. The number of hydrogen-bond acceptors (Lipinski definition) is 5. The molecule has 4 rings (SSSR count). The number of nitrogens with zero attached hydrogens (tertiary/aromatic N) is 2. The smallest absolute Gasteiger partial charge is 0.303 e. The number of carbonyl (C=O) groups excluding carboxylic acids is 1. The zero-order valence-corrected chi connectivity index (χ0v) is 24.0. The van der Waals surface area contributed by atoms with Gasteiger partial charge in [-0.3, -0.25) is 14.3 Å². The number of carboxylic acids is 1. The van der Waals surface area contributed by atoms with Gasteiger partial charge in [0.15, 0.2) is 6.61 Å². The van der Waals surface area contributed by atoms with Crippen LogP contribution in [0.1, 0.15) is 43.9 Å². The molecule has 41 heavy (non-hydrogen) atoms. The second kappa shape index (κ2) is 12.7. The van der Waals surface area contributed by atoms with Crippen LogP contribution < -0.4 is 15.2 Å². The zero-order valence-electron chi connectivity index (χ0n) is 24.0. The van der Waals surface area contributed by atoms with E-state index in [2.05, 4.69) is 32.9 Å². The molecule has 0 aliphatic rings. The molecule has 1 heterocycles. The van der Waals surface area contributed by atoms with E-state index in [-0.39, 0.29) is 24.9 Å². The quantitative estimate of drug-likeness (QED) is 0.233. The van der Waals surface area contributed by atoms with Crippen LogP contribution in [0.3, 0.4) is 0 Å². The number of nitrogens with two attached hydrogens (primary N) is 1. The van der Waals surface area contributed by atoms with Gasteiger partial charge in [-0.05, 0) is 53.6 Å². The standard InChI is InChI=1S/C33H37N3O5/c1-33(2,3)24-13-14-26(28(20-24)41-21-29(34)37)31-27(15-16-30(38)39)32(23-11-8-12-25(19-23)40-4)36(35-31)18-17-22-9-6-5-7-10-22/h5-14,19-20H,15-18,21H2,1-4H3,(H2,34,37)(H,38,39). The highest BCUT2D eigenvalue weighted by atomic mass is 16.5. The summed E-state index contributed by atoms with van der Waals surface area (Å²) in [5.74, 6) is -0.340. The topological polar surface area (TPSA) is 117 Å². The molecule has 0 aliphatic heterocycles. The van der Waals surface area contributed by atoms with Gasteiger partial charge in [-0.1, -0.05) is 69.3 Å². The van der Waals surface area contributed by atoms with Gasteiger partial charge < -0.3 is 20.3 Å². The van der Waals surface area contributed by atoms with Crippen LogP contribution in [0.15, 0.2) is 72.8 Å². The largest absolute Gasteiger partial charge is 0.497 e. The van der Waals surface area contributed by atoms with Crippen molar-refractivity contribution < 1.29 is 24.2 Å². The molecule has 0 radical (unpaired) electrons. The molecule has 0 unspecified atom stereocenters. The van der Waals surface area contributed by atoms with Gasteiger partial charge in [-0.15, -0.1) is 0 Å². The summed E-state index contributed by atoms with van der Waals surface area (Å²) in [6, 6.07) is 23.7. The van der Waals surface area contributed by atoms with E-state index in [9.17, 15) is 14.7 Å². The number of rotatable bonds is 12. The molecule has 4 aromatic rings. The van der Waals surface area contributed by atoms with Crippen molar-refractivity contribution in [2.24, 2.45) is 5.73 Å². The minimum Gasteiger partial charge on any atom is -0.497 e. The lowest BCUT2D eigenvalue weighted by atomic mass is 9.85. The number of aromatic nitrogens is 2. The number of benzene rings is 3. The maximum absolute atomic E-state index is 11.8. The minimum atomic E-state index is -0.905. The molecule has 0 atom stereocenters. The van der Waals surface area contributed by atoms with E-state index in [0.717, 1.165) is 34.4 Å². The summed E-state index contributed by atoms with van der Waals surface area (Å²) in [6.45, 7) is 6.56. The monoisotopic (exact) mass is 555 g/mol. The Morgan fingerprint density at radius 1 is 0.976 bits per heavy atom. The van der Waals surface area contributed by atoms with E-state index in [1.807, 2.05) is 65.3 Å². The maximum atomic E-state index is 11.8. The number of aryl methyl sites for hydroxylation is 2. The Kier molecular flexibility index (Phi) is 9.12. The van der Waals surface area contributed by atoms with Crippen LogP contribution in [0.2, 0.25) is 0 Å². The summed E-state index contributed by atoms with van der Waals surface area (Å²) in [5.41, 5.74) is 11.2. The Labute approximate surface area is 240 Å². The molecule has 8 nitrogen and oxygen atoms in total. The number of aliphatic carboxylic acids is 1. The normalized spacial score (nSPS) is 11.3. The Hall–Kier alpha value is -4.59. The van der Waals surface area contributed by atoms with Gasteiger partial charge in [0.25, 0.3) is 5.91 Å². The van der Waals surface area contributed by atoms with Gasteiger partial charge >= 0.3 is 5.97 Å². The molecule has 0 spiro atoms. The first kappa shape index (κ1) is 29.4. The van der Waals surface area contributed by atoms with Crippen LogP contribution in [-0.4, -0.2) is 40.5 Å². The molecule has 0 saturated carbocycles. The molecule has 214 valence electrons. The fraction of sp³-hybridized carbons (Fsp3) is 0.303. The zero-order chi connectivity index (χ0) is 29.6. The second-order valence-electron chi connectivity index (χ2n) is 11.0. The third-order valence-corrected chi connectivity index (χ3v) is 6.91. The fourth-order valence-corrected chi connectivity index (χ4v) is 4.77. The second-order valence-corrected chi connectivity index (χ2v) is 11.0. The number of primary amides is 1. The van der Waals surface area contributed by atoms with Gasteiger partial charge in [-0.2, -0.15) is 5.10 Å². The molecule has 0 aliphatic carbocycles. The Morgan fingerprint density at radius 2 is 1.73 bits per heavy atom. The van der Waals surface area contributed by atoms with Crippen molar-refractivity contribution >= 4 is 11.9 Å². The Morgan fingerprint density at radius 3 is 2.39 bits per heavy atom. The number of amides is 1. The SMILES string of the molecule is COc1cccc(-c2c(CCC(=O)O)c(-c3ccc(C(C)(C)C)cc3OCC(N)=O)nn2CCc2ccccc2)c1. The average Bonchev–Trinajstić information content (AvgIpc) is 3.31. The highest BCUT2D eigenvalue weighted by molar-refractivity contribution is 5.80. The summed E-state index contributed by atoms with van der Waals surface area (Å²) in [7, 11) is 1.61. The van der Waals surface area contributed by atoms with E-state index in [0.29, 0.717) is 29.3 Å². The highest BCUT2D eigenvalue weighted by Crippen LogP contribution is 2.40. The van der Waals surface area contributed by atoms with Gasteiger partial charge in [0.05, 0.1) is 18.5 Å². The fourth-order valence-electron chi connectivity index (χ4n) is 4.77. The van der Waals surface area contributed by atoms with Gasteiger partial charge in [0.1, 0.15) is 11.5 Å². The maximum Gasteiger partial charge on any atom is 0.303 e. The lowest BCUT2D eigenvalue weighted by molar-refractivity contribution is -0.137. The molecular formula is C33H37N3O5. The van der Waals surface area contributed by atoms with Crippen molar-refractivity contribution in [1.82, 2.24) is 9.78 Å². The van der Waals surface area contributed by atoms with E-state index in [1.54, 1.807) is 7.11 Å². The summed E-state index contributed by atoms with van der Waals surface area (Å²) in [4.78, 5) is 23.4. The molecule has 0 saturated heterocycles. The summed E-state index contributed by atoms with van der Waals surface area (Å²) >= 11 is 0. The molecule has 1 aromatic heterocycles. The van der Waals surface area contributed by atoms with Gasteiger partial charge in [-0.25, -0.2) is 0 Å². The number of hydrogen-bond donors (Lipinski definition) is 2. The highest BCUT2D eigenvalue weighted by Gasteiger charge is 2.25. The number of carboxylic acid groups (broad SMARTS) is 1. The van der Waals surface area contributed by atoms with E-state index in [1.165, 1.54) is 0 Å². The van der Waals surface area contributed by atoms with Crippen LogP contribution in [0, 0.1) is 0 Å². The van der Waals surface area contributed by atoms with Crippen molar-refractivity contribution in [2.75, 3.05) is 13.7 Å². The first-order valence-corrected chi connectivity index (χ1v) is 13.6. The summed E-state index contributed by atoms with van der Waals surface area (Å²) < 4.78 is 13.4. The van der Waals surface area contributed by atoms with Crippen molar-refractivity contribution in [3.8, 4) is 34.0 Å². The lowest BCUT2D eigenvalue weighted by Crippen LogP contribution is -2.20. The molecule has 8 heteroatoms. The van der Waals surface area contributed by atoms with Crippen molar-refractivity contribution in [3.63, 3.8) is 0 Å². The lowest BCUT2D eigenvalue weighted by Gasteiger charge is -2.21. The first-order valence-electron chi connectivity index (χ1n) is 13.6. The average molecular weight is 556 g/mol. The number of carbonyl (C=O) groups is 2. The Bertz CT molecular complexity index is 1520. The molecule has 0 bridgehead atoms. The van der Waals surface area contributed by atoms with Crippen LogP contribution >= 0.6 is 0 Å². The van der Waals surface area contributed by atoms with Crippen molar-refractivity contribution in [2.45, 2.75) is 52.0 Å². The van der Waals surface area contributed by atoms with Crippen LogP contribution in [0.25, 0.3) is 22.5 Å². The van der Waals surface area contributed by atoms with E-state index >= 15 is 0 Å². The Balaban J connectivity index is 1.94. The third kappa shape index (κ3) is 7.33.